The van der Waals surface area contributed by atoms with Gasteiger partial charge in [-0.1, -0.05) is 41.5 Å². The maximum Gasteiger partial charge on any atom is 0.312 e. The summed E-state index contributed by atoms with van der Waals surface area (Å²) in [6, 6.07) is 0. The Bertz CT molecular complexity index is 910. The van der Waals surface area contributed by atoms with Crippen molar-refractivity contribution in [3.63, 3.8) is 0 Å². The number of Topliss-reactive ketones (excluding diaryl/α,β-unsaturated/α-hetero) is 1. The van der Waals surface area contributed by atoms with Gasteiger partial charge >= 0.3 is 5.97 Å². The van der Waals surface area contributed by atoms with Crippen LogP contribution in [0.3, 0.4) is 0 Å². The number of hydrogen-bond acceptors (Lipinski definition) is 3. The van der Waals surface area contributed by atoms with Crippen molar-refractivity contribution in [3.05, 3.63) is 0 Å². The molecule has 0 radical (unpaired) electrons. The molecule has 2 saturated heterocycles. The highest BCUT2D eigenvalue weighted by Gasteiger charge is 2.73. The summed E-state index contributed by atoms with van der Waals surface area (Å²) in [6.07, 6.45) is 12.4. The largest absolute Gasteiger partial charge is 0.465 e. The van der Waals surface area contributed by atoms with Gasteiger partial charge in [-0.15, -0.1) is 0 Å². The number of fused-ring (bicyclic) bond motifs is 8. The van der Waals surface area contributed by atoms with Gasteiger partial charge in [-0.05, 0) is 104 Å². The zero-order valence-corrected chi connectivity index (χ0v) is 22.0. The Morgan fingerprint density at radius 2 is 1.39 bits per heavy atom. The molecule has 184 valence electrons. The molecule has 3 nitrogen and oxygen atoms in total. The van der Waals surface area contributed by atoms with Crippen LogP contribution in [0.4, 0.5) is 0 Å². The van der Waals surface area contributed by atoms with Crippen molar-refractivity contribution in [2.75, 3.05) is 6.61 Å². The zero-order chi connectivity index (χ0) is 23.7. The van der Waals surface area contributed by atoms with E-state index in [2.05, 4.69) is 41.5 Å². The van der Waals surface area contributed by atoms with E-state index in [0.717, 1.165) is 32.1 Å². The molecule has 2 heterocycles. The van der Waals surface area contributed by atoms with E-state index in [1.54, 1.807) is 0 Å². The molecule has 1 spiro atoms. The van der Waals surface area contributed by atoms with E-state index in [-0.39, 0.29) is 39.0 Å². The van der Waals surface area contributed by atoms with Crippen LogP contribution in [-0.4, -0.2) is 18.4 Å². The normalized spacial score (nSPS) is 60.1. The monoisotopic (exact) mass is 454 g/mol. The lowest BCUT2D eigenvalue weighted by Crippen LogP contribution is -2.68. The summed E-state index contributed by atoms with van der Waals surface area (Å²) in [6.45, 7) is 15.5. The predicted octanol–water partition coefficient (Wildman–Crippen LogP) is 6.97. The van der Waals surface area contributed by atoms with Crippen molar-refractivity contribution < 1.29 is 14.3 Å². The van der Waals surface area contributed by atoms with Gasteiger partial charge in [0.25, 0.3) is 0 Å². The third kappa shape index (κ3) is 2.49. The first-order chi connectivity index (χ1) is 15.3. The van der Waals surface area contributed by atoms with E-state index >= 15 is 0 Å². The Balaban J connectivity index is 1.42. The minimum atomic E-state index is -0.229. The molecule has 0 aromatic carbocycles. The van der Waals surface area contributed by atoms with Crippen LogP contribution in [0.5, 0.6) is 0 Å². The van der Waals surface area contributed by atoms with E-state index in [9.17, 15) is 9.59 Å². The molecule has 5 saturated carbocycles. The molecule has 0 aromatic rings. The van der Waals surface area contributed by atoms with Crippen LogP contribution in [0.2, 0.25) is 0 Å². The first kappa shape index (κ1) is 22.6. The van der Waals surface area contributed by atoms with Crippen molar-refractivity contribution in [2.24, 2.45) is 56.2 Å². The second-order valence-electron chi connectivity index (χ2n) is 15.0. The molecule has 0 aromatic heterocycles. The first-order valence-electron chi connectivity index (χ1n) is 14.0. The summed E-state index contributed by atoms with van der Waals surface area (Å²) in [5, 5.41) is 0. The third-order valence-electron chi connectivity index (χ3n) is 14.1. The van der Waals surface area contributed by atoms with Crippen molar-refractivity contribution >= 4 is 11.8 Å². The van der Waals surface area contributed by atoms with Gasteiger partial charge in [0.15, 0.2) is 0 Å². The summed E-state index contributed by atoms with van der Waals surface area (Å²) >= 11 is 0. The second-order valence-corrected chi connectivity index (χ2v) is 15.0. The van der Waals surface area contributed by atoms with Gasteiger partial charge in [0.05, 0.1) is 12.0 Å². The molecule has 2 bridgehead atoms. The summed E-state index contributed by atoms with van der Waals surface area (Å²) in [7, 11) is 0. The van der Waals surface area contributed by atoms with Crippen molar-refractivity contribution in [1.82, 2.24) is 0 Å². The number of ketones is 1. The molecular formula is C30H46O3. The third-order valence-corrected chi connectivity index (χ3v) is 14.1. The summed E-state index contributed by atoms with van der Waals surface area (Å²) in [5.41, 5.74) is 0.876. The number of rotatable bonds is 0. The zero-order valence-electron chi connectivity index (χ0n) is 22.0. The van der Waals surface area contributed by atoms with Crippen LogP contribution in [0.1, 0.15) is 112 Å². The van der Waals surface area contributed by atoms with Gasteiger partial charge in [0.2, 0.25) is 0 Å². The lowest BCUT2D eigenvalue weighted by atomic mass is 9.30. The van der Waals surface area contributed by atoms with Crippen LogP contribution in [0.15, 0.2) is 0 Å². The molecule has 33 heavy (non-hydrogen) atoms. The van der Waals surface area contributed by atoms with Crippen molar-refractivity contribution in [3.8, 4) is 0 Å². The minimum absolute atomic E-state index is 0.140. The molecule has 3 heteroatoms. The van der Waals surface area contributed by atoms with Crippen molar-refractivity contribution in [1.29, 1.82) is 0 Å². The van der Waals surface area contributed by atoms with Gasteiger partial charge in [-0.25, -0.2) is 0 Å². The maximum absolute atomic E-state index is 13.5. The first-order valence-corrected chi connectivity index (χ1v) is 14.0. The Labute approximate surface area is 201 Å². The topological polar surface area (TPSA) is 43.4 Å². The number of ether oxygens (including phenoxy) is 1. The van der Waals surface area contributed by atoms with Gasteiger partial charge in [0.1, 0.15) is 5.78 Å². The quantitative estimate of drug-likeness (QED) is 0.371. The maximum atomic E-state index is 13.5. The van der Waals surface area contributed by atoms with E-state index in [1.807, 2.05) is 0 Å². The fourth-order valence-corrected chi connectivity index (χ4v) is 11.6. The van der Waals surface area contributed by atoms with Gasteiger partial charge in [-0.2, -0.15) is 0 Å². The molecule has 0 unspecified atom stereocenters. The van der Waals surface area contributed by atoms with Crippen LogP contribution in [0.25, 0.3) is 0 Å². The second kappa shape index (κ2) is 6.47. The molecule has 5 aliphatic carbocycles. The fourth-order valence-electron chi connectivity index (χ4n) is 11.6. The van der Waals surface area contributed by atoms with Crippen LogP contribution in [0, 0.1) is 56.2 Å². The molecule has 10 atom stereocenters. The van der Waals surface area contributed by atoms with E-state index in [0.29, 0.717) is 35.6 Å². The number of carbonyl (C=O) groups excluding carboxylic acids is 2. The molecule has 7 aliphatic rings. The molecular weight excluding hydrogens is 408 g/mol. The summed E-state index contributed by atoms with van der Waals surface area (Å²) < 4.78 is 5.97. The Morgan fingerprint density at radius 3 is 2.15 bits per heavy atom. The standard InChI is InChI=1S/C30H46O3/c1-19-20(31)7-8-21-26(19,3)10-9-22-27(21,4)12-13-29(6)23-17-25(2)11-15-30(23,24(32)33-18-25)16-14-28(22,29)5/h19,21-23H,7-18H2,1-6H3/t19-,21+,22-,23-,25-,26+,27-,28+,29-,30-/m0/s1. The van der Waals surface area contributed by atoms with Crippen LogP contribution >= 0.6 is 0 Å². The van der Waals surface area contributed by atoms with Crippen LogP contribution < -0.4 is 0 Å². The SMILES string of the molecule is C[C@H]1C(=O)CC[C@@H]2[C@]1(C)CC[C@H]1[C@@]2(C)CC[C@@]2(C)[C@@H]3C[C@]4(C)CC[C@@]3(CC[C@]12C)C(=O)OC4. The number of esters is 1. The smallest absolute Gasteiger partial charge is 0.312 e. The van der Waals surface area contributed by atoms with E-state index < -0.39 is 0 Å². The average Bonchev–Trinajstić information content (AvgIpc) is 2.96. The molecule has 7 rings (SSSR count). The Kier molecular flexibility index (Phi) is 4.43. The highest BCUT2D eigenvalue weighted by molar-refractivity contribution is 5.82. The molecule has 0 N–H and O–H groups in total. The summed E-state index contributed by atoms with van der Waals surface area (Å²) in [4.78, 5) is 26.2. The van der Waals surface area contributed by atoms with Gasteiger partial charge < -0.3 is 4.74 Å². The molecule has 7 fully saturated rings. The highest BCUT2D eigenvalue weighted by Crippen LogP contribution is 2.78. The van der Waals surface area contributed by atoms with Crippen LogP contribution in [-0.2, 0) is 14.3 Å². The van der Waals surface area contributed by atoms with E-state index in [1.165, 1.54) is 38.5 Å². The fraction of sp³-hybridized carbons (Fsp3) is 0.933. The predicted molar refractivity (Wildman–Crippen MR) is 129 cm³/mol. The average molecular weight is 455 g/mol. The molecule has 2 aliphatic heterocycles. The lowest BCUT2D eigenvalue weighted by Gasteiger charge is -2.74. The summed E-state index contributed by atoms with van der Waals surface area (Å²) in [5.74, 6) is 2.66. The van der Waals surface area contributed by atoms with Gasteiger partial charge in [0, 0.05) is 17.8 Å². The lowest BCUT2D eigenvalue weighted by molar-refractivity contribution is -0.254. The van der Waals surface area contributed by atoms with Gasteiger partial charge in [-0.3, -0.25) is 9.59 Å². The number of carbonyl (C=O) groups is 2. The Morgan fingerprint density at radius 1 is 0.727 bits per heavy atom. The minimum Gasteiger partial charge on any atom is -0.465 e. The Hall–Kier alpha value is -0.860. The number of hydrogen-bond donors (Lipinski definition) is 0. The molecule has 0 amide bonds. The van der Waals surface area contributed by atoms with Crippen molar-refractivity contribution in [2.45, 2.75) is 112 Å². The van der Waals surface area contributed by atoms with E-state index in [4.69, 9.17) is 4.74 Å². The highest BCUT2D eigenvalue weighted by atomic mass is 16.5.